The molecule has 0 aliphatic carbocycles. The highest BCUT2D eigenvalue weighted by Crippen LogP contribution is 2.31. The summed E-state index contributed by atoms with van der Waals surface area (Å²) in [6.45, 7) is 7.33. The second kappa shape index (κ2) is 16.0. The Bertz CT molecular complexity index is 1820. The Labute approximate surface area is 292 Å². The van der Waals surface area contributed by atoms with Crippen molar-refractivity contribution in [3.8, 4) is 0 Å². The normalized spacial score (nSPS) is 12.1. The van der Waals surface area contributed by atoms with Crippen molar-refractivity contribution < 1.29 is 18.0 Å². The molecule has 0 aliphatic heterocycles. The van der Waals surface area contributed by atoms with E-state index in [0.29, 0.717) is 32.7 Å². The lowest BCUT2D eigenvalue weighted by Crippen LogP contribution is -2.53. The second-order valence-corrected chi connectivity index (χ2v) is 15.0. The molecule has 0 unspecified atom stereocenters. The van der Waals surface area contributed by atoms with Crippen molar-refractivity contribution in [1.29, 1.82) is 0 Å². The Balaban J connectivity index is 1.84. The third-order valence-corrected chi connectivity index (χ3v) is 10.4. The summed E-state index contributed by atoms with van der Waals surface area (Å²) >= 11 is 18.9. The fraction of sp³-hybridized carbons (Fsp3) is 0.278. The maximum absolute atomic E-state index is 14.6. The summed E-state index contributed by atoms with van der Waals surface area (Å²) < 4.78 is 29.6. The fourth-order valence-corrected chi connectivity index (χ4v) is 6.97. The van der Waals surface area contributed by atoms with E-state index >= 15 is 0 Å². The van der Waals surface area contributed by atoms with Crippen LogP contribution in [0.2, 0.25) is 15.1 Å². The topological polar surface area (TPSA) is 86.8 Å². The number of nitrogens with zero attached hydrogens (tertiary/aromatic N) is 2. The molecule has 0 saturated carbocycles. The Morgan fingerprint density at radius 1 is 0.809 bits per heavy atom. The van der Waals surface area contributed by atoms with Crippen LogP contribution in [0.4, 0.5) is 5.69 Å². The van der Waals surface area contributed by atoms with Gasteiger partial charge in [-0.25, -0.2) is 8.42 Å². The number of hydrogen-bond acceptors (Lipinski definition) is 4. The average molecular weight is 715 g/mol. The Morgan fingerprint density at radius 2 is 1.49 bits per heavy atom. The summed E-state index contributed by atoms with van der Waals surface area (Å²) in [5.41, 5.74) is 3.19. The summed E-state index contributed by atoms with van der Waals surface area (Å²) in [5, 5.41) is 3.92. The van der Waals surface area contributed by atoms with E-state index in [9.17, 15) is 18.0 Å². The lowest BCUT2D eigenvalue weighted by Gasteiger charge is -2.34. The molecule has 0 aromatic heterocycles. The van der Waals surface area contributed by atoms with Crippen LogP contribution in [-0.2, 0) is 32.6 Å². The number of anilines is 1. The van der Waals surface area contributed by atoms with Crippen LogP contribution in [0.3, 0.4) is 0 Å². The van der Waals surface area contributed by atoms with Gasteiger partial charge in [0.25, 0.3) is 10.0 Å². The van der Waals surface area contributed by atoms with Crippen LogP contribution in [-0.4, -0.2) is 44.3 Å². The van der Waals surface area contributed by atoms with E-state index < -0.39 is 28.5 Å². The highest BCUT2D eigenvalue weighted by Gasteiger charge is 2.35. The van der Waals surface area contributed by atoms with E-state index in [1.165, 1.54) is 23.1 Å². The minimum Gasteiger partial charge on any atom is -0.354 e. The van der Waals surface area contributed by atoms with Crippen molar-refractivity contribution in [2.45, 2.75) is 51.6 Å². The van der Waals surface area contributed by atoms with Gasteiger partial charge in [-0.2, -0.15) is 0 Å². The largest absolute Gasteiger partial charge is 0.354 e. The van der Waals surface area contributed by atoms with Crippen LogP contribution in [0.5, 0.6) is 0 Å². The number of nitrogens with one attached hydrogen (secondary N) is 1. The molecule has 0 radical (unpaired) electrons. The molecule has 47 heavy (non-hydrogen) atoms. The minimum atomic E-state index is -4.26. The highest BCUT2D eigenvalue weighted by atomic mass is 35.5. The molecular weight excluding hydrogens is 677 g/mol. The number of hydrogen-bond donors (Lipinski definition) is 1. The molecule has 4 rings (SSSR count). The molecule has 248 valence electrons. The summed E-state index contributed by atoms with van der Waals surface area (Å²) in [6, 6.07) is 24.7. The predicted molar refractivity (Wildman–Crippen MR) is 191 cm³/mol. The molecule has 0 heterocycles. The summed E-state index contributed by atoms with van der Waals surface area (Å²) in [7, 11) is -4.26. The van der Waals surface area contributed by atoms with Gasteiger partial charge in [-0.05, 0) is 72.9 Å². The smallest absolute Gasteiger partial charge is 0.264 e. The molecule has 2 amide bonds. The van der Waals surface area contributed by atoms with E-state index in [1.54, 1.807) is 49.4 Å². The van der Waals surface area contributed by atoms with E-state index in [1.807, 2.05) is 51.1 Å². The zero-order chi connectivity index (χ0) is 34.3. The van der Waals surface area contributed by atoms with E-state index in [-0.39, 0.29) is 35.4 Å². The van der Waals surface area contributed by atoms with Gasteiger partial charge in [-0.1, -0.05) is 109 Å². The van der Waals surface area contributed by atoms with E-state index in [4.69, 9.17) is 34.8 Å². The molecule has 0 fully saturated rings. The first-order valence-electron chi connectivity index (χ1n) is 15.2. The van der Waals surface area contributed by atoms with Gasteiger partial charge in [0.1, 0.15) is 12.6 Å². The molecule has 1 N–H and O–H groups in total. The number of rotatable bonds is 13. The highest BCUT2D eigenvalue weighted by molar-refractivity contribution is 7.92. The molecule has 4 aromatic carbocycles. The van der Waals surface area contributed by atoms with E-state index in [2.05, 4.69) is 5.32 Å². The molecule has 1 atom stereocenters. The van der Waals surface area contributed by atoms with Gasteiger partial charge in [0.05, 0.1) is 20.6 Å². The Morgan fingerprint density at radius 3 is 2.13 bits per heavy atom. The standard InChI is InChI=1S/C36H38Cl3N3O4S/c1-24(2)21-40-36(44)34(19-27-8-6-5-7-9-27)41(22-28-13-17-31(38)32(39)18-28)35(43)23-42(33-20-29(37)14-12-26(33)4)47(45,46)30-15-10-25(3)11-16-30/h5-18,20,24,34H,19,21-23H2,1-4H3,(H,40,44)/t34-/m1/s1. The molecule has 0 saturated heterocycles. The third kappa shape index (κ3) is 9.51. The van der Waals surface area contributed by atoms with Crippen LogP contribution in [0, 0.1) is 19.8 Å². The maximum atomic E-state index is 14.6. The van der Waals surface area contributed by atoms with Crippen LogP contribution in [0.25, 0.3) is 0 Å². The Kier molecular flexibility index (Phi) is 12.4. The quantitative estimate of drug-likeness (QED) is 0.153. The van der Waals surface area contributed by atoms with Crippen molar-refractivity contribution >= 4 is 62.3 Å². The second-order valence-electron chi connectivity index (χ2n) is 11.9. The zero-order valence-corrected chi connectivity index (χ0v) is 29.8. The number of amides is 2. The number of carbonyl (C=O) groups excluding carboxylic acids is 2. The van der Waals surface area contributed by atoms with Crippen molar-refractivity contribution in [3.05, 3.63) is 128 Å². The van der Waals surface area contributed by atoms with Gasteiger partial charge in [-0.3, -0.25) is 13.9 Å². The first-order chi connectivity index (χ1) is 22.3. The van der Waals surface area contributed by atoms with Crippen LogP contribution >= 0.6 is 34.8 Å². The predicted octanol–water partition coefficient (Wildman–Crippen LogP) is 7.87. The molecule has 0 aliphatic rings. The Hall–Kier alpha value is -3.56. The van der Waals surface area contributed by atoms with Gasteiger partial charge in [-0.15, -0.1) is 0 Å². The molecule has 11 heteroatoms. The van der Waals surface area contributed by atoms with Crippen molar-refractivity contribution in [1.82, 2.24) is 10.2 Å². The van der Waals surface area contributed by atoms with Crippen molar-refractivity contribution in [2.24, 2.45) is 5.92 Å². The monoisotopic (exact) mass is 713 g/mol. The SMILES string of the molecule is Cc1ccc(S(=O)(=O)N(CC(=O)N(Cc2ccc(Cl)c(Cl)c2)[C@H](Cc2ccccc2)C(=O)NCC(C)C)c2cc(Cl)ccc2C)cc1. The van der Waals surface area contributed by atoms with Crippen LogP contribution < -0.4 is 9.62 Å². The summed E-state index contributed by atoms with van der Waals surface area (Å²) in [6.07, 6.45) is 0.193. The number of halogens is 3. The zero-order valence-electron chi connectivity index (χ0n) is 26.7. The lowest BCUT2D eigenvalue weighted by molar-refractivity contribution is -0.140. The number of aryl methyl sites for hydroxylation is 2. The molecule has 0 spiro atoms. The van der Waals surface area contributed by atoms with Crippen molar-refractivity contribution in [2.75, 3.05) is 17.4 Å². The molecular formula is C36H38Cl3N3O4S. The minimum absolute atomic E-state index is 0.0156. The molecule has 4 aromatic rings. The van der Waals surface area contributed by atoms with Gasteiger partial charge in [0.2, 0.25) is 11.8 Å². The molecule has 7 nitrogen and oxygen atoms in total. The lowest BCUT2D eigenvalue weighted by atomic mass is 10.0. The summed E-state index contributed by atoms with van der Waals surface area (Å²) in [4.78, 5) is 30.0. The van der Waals surface area contributed by atoms with Gasteiger partial charge in [0.15, 0.2) is 0 Å². The van der Waals surface area contributed by atoms with Crippen LogP contribution in [0.1, 0.15) is 36.1 Å². The molecule has 0 bridgehead atoms. The van der Waals surface area contributed by atoms with Crippen molar-refractivity contribution in [3.63, 3.8) is 0 Å². The van der Waals surface area contributed by atoms with Crippen LogP contribution in [0.15, 0.2) is 95.9 Å². The average Bonchev–Trinajstić information content (AvgIpc) is 3.03. The van der Waals surface area contributed by atoms with Gasteiger partial charge in [0, 0.05) is 24.5 Å². The number of carbonyl (C=O) groups is 2. The fourth-order valence-electron chi connectivity index (χ4n) is 5.01. The number of sulfonamides is 1. The van der Waals surface area contributed by atoms with Gasteiger partial charge < -0.3 is 10.2 Å². The first kappa shape index (κ1) is 36.3. The first-order valence-corrected chi connectivity index (χ1v) is 17.7. The van der Waals surface area contributed by atoms with E-state index in [0.717, 1.165) is 15.4 Å². The maximum Gasteiger partial charge on any atom is 0.264 e. The summed E-state index contributed by atoms with van der Waals surface area (Å²) in [5.74, 6) is -0.786. The van der Waals surface area contributed by atoms with Gasteiger partial charge >= 0.3 is 0 Å². The number of benzene rings is 4. The third-order valence-electron chi connectivity index (χ3n) is 7.62.